The van der Waals surface area contributed by atoms with Gasteiger partial charge in [-0.3, -0.25) is 0 Å². The molecule has 0 fully saturated rings. The molecule has 1 aliphatic rings. The van der Waals surface area contributed by atoms with Crippen LogP contribution in [0.4, 0.5) is 0 Å². The van der Waals surface area contributed by atoms with E-state index in [4.69, 9.17) is 5.73 Å². The van der Waals surface area contributed by atoms with Gasteiger partial charge in [-0.15, -0.1) is 0 Å². The molecule has 1 heteroatoms. The summed E-state index contributed by atoms with van der Waals surface area (Å²) in [7, 11) is 0. The summed E-state index contributed by atoms with van der Waals surface area (Å²) < 4.78 is 0. The van der Waals surface area contributed by atoms with Crippen molar-refractivity contribution in [2.45, 2.75) is 51.5 Å². The molecule has 0 bridgehead atoms. The Morgan fingerprint density at radius 2 is 2.13 bits per heavy atom. The van der Waals surface area contributed by atoms with Crippen LogP contribution in [-0.4, -0.2) is 0 Å². The second-order valence-corrected chi connectivity index (χ2v) is 5.45. The van der Waals surface area contributed by atoms with Crippen molar-refractivity contribution in [1.82, 2.24) is 0 Å². The lowest BCUT2D eigenvalue weighted by molar-refractivity contribution is 0.402. The van der Waals surface area contributed by atoms with Crippen LogP contribution in [-0.2, 0) is 12.0 Å². The predicted octanol–water partition coefficient (Wildman–Crippen LogP) is 3.32. The van der Waals surface area contributed by atoms with Crippen LogP contribution in [0.15, 0.2) is 18.2 Å². The van der Waals surface area contributed by atoms with Crippen LogP contribution >= 0.6 is 0 Å². The minimum absolute atomic E-state index is 0.342. The van der Waals surface area contributed by atoms with Gasteiger partial charge in [-0.2, -0.15) is 0 Å². The minimum Gasteiger partial charge on any atom is -0.326 e. The van der Waals surface area contributed by atoms with Gasteiger partial charge in [0.05, 0.1) is 0 Å². The number of benzene rings is 1. The molecule has 0 saturated carbocycles. The molecule has 0 amide bonds. The van der Waals surface area contributed by atoms with Crippen LogP contribution < -0.4 is 5.73 Å². The molecular formula is C14H21N. The lowest BCUT2D eigenvalue weighted by Crippen LogP contribution is -2.25. The van der Waals surface area contributed by atoms with E-state index in [0.717, 1.165) is 0 Å². The highest BCUT2D eigenvalue weighted by atomic mass is 14.5. The van der Waals surface area contributed by atoms with Gasteiger partial charge in [0.15, 0.2) is 0 Å². The van der Waals surface area contributed by atoms with Gasteiger partial charge in [-0.25, -0.2) is 0 Å². The summed E-state index contributed by atoms with van der Waals surface area (Å²) in [5, 5.41) is 0. The van der Waals surface area contributed by atoms with Crippen LogP contribution in [0.25, 0.3) is 0 Å². The van der Waals surface area contributed by atoms with Crippen LogP contribution in [0.2, 0.25) is 0 Å². The zero-order valence-corrected chi connectivity index (χ0v) is 10.0. The summed E-state index contributed by atoms with van der Waals surface area (Å²) in [6.45, 7) is 7.68. The summed E-state index contributed by atoms with van der Waals surface area (Å²) in [6.07, 6.45) is 2.59. The summed E-state index contributed by atoms with van der Waals surface area (Å²) in [4.78, 5) is 0. The van der Waals surface area contributed by atoms with Crippen LogP contribution in [0, 0.1) is 0 Å². The first-order chi connectivity index (χ1) is 7.04. The predicted molar refractivity (Wildman–Crippen MR) is 65.0 cm³/mol. The zero-order chi connectivity index (χ0) is 11.1. The van der Waals surface area contributed by atoms with E-state index in [1.54, 1.807) is 0 Å². The highest BCUT2D eigenvalue weighted by Gasteiger charge is 2.30. The van der Waals surface area contributed by atoms with Gasteiger partial charge >= 0.3 is 0 Å². The average molecular weight is 203 g/mol. The Balaban J connectivity index is 2.52. The van der Waals surface area contributed by atoms with Crippen molar-refractivity contribution in [1.29, 1.82) is 0 Å². The molecule has 0 heterocycles. The summed E-state index contributed by atoms with van der Waals surface area (Å²) >= 11 is 0. The first-order valence-electron chi connectivity index (χ1n) is 5.88. The molecule has 0 spiro atoms. The second-order valence-electron chi connectivity index (χ2n) is 5.45. The smallest absolute Gasteiger partial charge is 0.0178 e. The highest BCUT2D eigenvalue weighted by molar-refractivity contribution is 5.40. The van der Waals surface area contributed by atoms with Crippen LogP contribution in [0.1, 0.15) is 56.2 Å². The molecule has 0 aromatic heterocycles. The Kier molecular flexibility index (Phi) is 2.59. The molecule has 0 aliphatic heterocycles. The van der Waals surface area contributed by atoms with Gasteiger partial charge in [0, 0.05) is 6.54 Å². The molecule has 82 valence electrons. The zero-order valence-electron chi connectivity index (χ0n) is 10.0. The molecule has 15 heavy (non-hydrogen) atoms. The average Bonchev–Trinajstić information content (AvgIpc) is 2.23. The fourth-order valence-electron chi connectivity index (χ4n) is 2.63. The highest BCUT2D eigenvalue weighted by Crippen LogP contribution is 2.42. The van der Waals surface area contributed by atoms with Gasteiger partial charge in [0.2, 0.25) is 0 Å². The van der Waals surface area contributed by atoms with E-state index in [0.29, 0.717) is 17.9 Å². The van der Waals surface area contributed by atoms with Gasteiger partial charge in [-0.05, 0) is 40.9 Å². The Morgan fingerprint density at radius 3 is 2.80 bits per heavy atom. The van der Waals surface area contributed by atoms with E-state index >= 15 is 0 Å². The topological polar surface area (TPSA) is 26.0 Å². The van der Waals surface area contributed by atoms with Gasteiger partial charge in [0.1, 0.15) is 0 Å². The summed E-state index contributed by atoms with van der Waals surface area (Å²) in [6, 6.07) is 6.77. The maximum absolute atomic E-state index is 5.70. The molecule has 2 N–H and O–H groups in total. The largest absolute Gasteiger partial charge is 0.326 e. The Morgan fingerprint density at radius 1 is 1.40 bits per heavy atom. The van der Waals surface area contributed by atoms with Gasteiger partial charge in [0.25, 0.3) is 0 Å². The Hall–Kier alpha value is -0.820. The molecule has 0 saturated heterocycles. The number of rotatable bonds is 1. The van der Waals surface area contributed by atoms with E-state index in [9.17, 15) is 0 Å². The summed E-state index contributed by atoms with van der Waals surface area (Å²) in [5.74, 6) is 0.694. The Labute approximate surface area is 92.7 Å². The van der Waals surface area contributed by atoms with Gasteiger partial charge in [-0.1, -0.05) is 39.0 Å². The SMILES string of the molecule is CC1CCC(C)(C)c2ccc(CN)cc21. The Bertz CT molecular complexity index is 366. The number of hydrogen-bond donors (Lipinski definition) is 1. The second kappa shape index (κ2) is 3.64. The number of hydrogen-bond acceptors (Lipinski definition) is 1. The molecular weight excluding hydrogens is 182 g/mol. The molecule has 0 radical (unpaired) electrons. The van der Waals surface area contributed by atoms with Crippen molar-refractivity contribution in [3.8, 4) is 0 Å². The molecule has 2 rings (SSSR count). The maximum Gasteiger partial charge on any atom is 0.0178 e. The fraction of sp³-hybridized carbons (Fsp3) is 0.571. The van der Waals surface area contributed by atoms with Crippen molar-refractivity contribution < 1.29 is 0 Å². The van der Waals surface area contributed by atoms with Crippen molar-refractivity contribution in [3.05, 3.63) is 34.9 Å². The monoisotopic (exact) mass is 203 g/mol. The van der Waals surface area contributed by atoms with Crippen molar-refractivity contribution >= 4 is 0 Å². The van der Waals surface area contributed by atoms with E-state index in [1.165, 1.54) is 29.5 Å². The molecule has 1 aromatic carbocycles. The quantitative estimate of drug-likeness (QED) is 0.744. The van der Waals surface area contributed by atoms with Crippen LogP contribution in [0.5, 0.6) is 0 Å². The summed E-state index contributed by atoms with van der Waals surface area (Å²) in [5.41, 5.74) is 10.3. The van der Waals surface area contributed by atoms with E-state index in [2.05, 4.69) is 39.0 Å². The number of fused-ring (bicyclic) bond motifs is 1. The van der Waals surface area contributed by atoms with Crippen LogP contribution in [0.3, 0.4) is 0 Å². The third-order valence-corrected chi connectivity index (χ3v) is 3.81. The maximum atomic E-state index is 5.70. The third-order valence-electron chi connectivity index (χ3n) is 3.81. The van der Waals surface area contributed by atoms with Crippen molar-refractivity contribution in [2.75, 3.05) is 0 Å². The van der Waals surface area contributed by atoms with Gasteiger partial charge < -0.3 is 5.73 Å². The molecule has 1 atom stereocenters. The van der Waals surface area contributed by atoms with E-state index in [1.807, 2.05) is 0 Å². The first kappa shape index (κ1) is 10.7. The number of nitrogens with two attached hydrogens (primary N) is 1. The van der Waals surface area contributed by atoms with Crippen molar-refractivity contribution in [3.63, 3.8) is 0 Å². The van der Waals surface area contributed by atoms with E-state index in [-0.39, 0.29) is 0 Å². The third kappa shape index (κ3) is 1.81. The standard InChI is InChI=1S/C14H21N/c1-10-6-7-14(2,3)13-5-4-11(9-15)8-12(10)13/h4-5,8,10H,6-7,9,15H2,1-3H3. The van der Waals surface area contributed by atoms with Crippen molar-refractivity contribution in [2.24, 2.45) is 5.73 Å². The molecule has 1 aromatic rings. The lowest BCUT2D eigenvalue weighted by atomic mass is 9.69. The molecule has 1 nitrogen and oxygen atoms in total. The fourth-order valence-corrected chi connectivity index (χ4v) is 2.63. The molecule has 1 aliphatic carbocycles. The minimum atomic E-state index is 0.342. The molecule has 1 unspecified atom stereocenters. The normalized spacial score (nSPS) is 23.6. The lowest BCUT2D eigenvalue weighted by Gasteiger charge is -2.36. The first-order valence-corrected chi connectivity index (χ1v) is 5.88. The van der Waals surface area contributed by atoms with E-state index < -0.39 is 0 Å².